The zero-order valence-corrected chi connectivity index (χ0v) is 8.20. The fourth-order valence-corrected chi connectivity index (χ4v) is 1.49. The number of ether oxygens (including phenoxy) is 1. The number of rotatable bonds is 2. The minimum atomic E-state index is -1.45. The molecule has 5 atom stereocenters. The topological polar surface area (TPSA) is 119 Å². The number of aliphatic hydroxyl groups excluding tert-OH is 4. The van der Waals surface area contributed by atoms with E-state index in [2.05, 4.69) is 5.32 Å². The van der Waals surface area contributed by atoms with E-state index in [4.69, 9.17) is 9.84 Å². The molecule has 0 aromatic heterocycles. The molecule has 0 radical (unpaired) electrons. The van der Waals surface area contributed by atoms with Crippen LogP contribution in [-0.4, -0.2) is 63.6 Å². The van der Waals surface area contributed by atoms with Crippen LogP contribution in [0.5, 0.6) is 0 Å². The van der Waals surface area contributed by atoms with Crippen LogP contribution in [0.25, 0.3) is 0 Å². The van der Waals surface area contributed by atoms with Crippen LogP contribution in [0.3, 0.4) is 0 Å². The van der Waals surface area contributed by atoms with E-state index < -0.39 is 43.2 Å². The average Bonchev–Trinajstić information content (AvgIpc) is 2.18. The summed E-state index contributed by atoms with van der Waals surface area (Å²) >= 11 is 0. The zero-order chi connectivity index (χ0) is 11.6. The van der Waals surface area contributed by atoms with Gasteiger partial charge in [0, 0.05) is 6.92 Å². The van der Waals surface area contributed by atoms with Crippen LogP contribution in [-0.2, 0) is 9.53 Å². The van der Waals surface area contributed by atoms with Crippen LogP contribution in [0.15, 0.2) is 0 Å². The van der Waals surface area contributed by atoms with Gasteiger partial charge >= 0.3 is 0 Å². The van der Waals surface area contributed by atoms with Crippen molar-refractivity contribution in [2.45, 2.75) is 37.6 Å². The molecule has 0 aromatic rings. The summed E-state index contributed by atoms with van der Waals surface area (Å²) in [5, 5.41) is 39.4. The van der Waals surface area contributed by atoms with Gasteiger partial charge in [-0.1, -0.05) is 0 Å². The molecule has 1 rings (SSSR count). The number of amides is 1. The molecule has 3 unspecified atom stereocenters. The van der Waals surface area contributed by atoms with Crippen molar-refractivity contribution in [1.82, 2.24) is 5.32 Å². The molecule has 0 aromatic carbocycles. The van der Waals surface area contributed by atoms with E-state index in [1.807, 2.05) is 0 Å². The van der Waals surface area contributed by atoms with Crippen LogP contribution in [0.1, 0.15) is 6.92 Å². The molecule has 15 heavy (non-hydrogen) atoms. The molecular weight excluding hydrogens is 206 g/mol. The molecule has 0 saturated carbocycles. The van der Waals surface area contributed by atoms with Crippen molar-refractivity contribution >= 4 is 5.91 Å². The molecular formula is C8H15NO6. The Hall–Kier alpha value is -0.730. The number of carbonyl (C=O) groups is 1. The van der Waals surface area contributed by atoms with Crippen molar-refractivity contribution in [2.24, 2.45) is 0 Å². The highest BCUT2D eigenvalue weighted by molar-refractivity contribution is 5.73. The van der Waals surface area contributed by atoms with Crippen LogP contribution in [0.2, 0.25) is 0 Å². The Balaban J connectivity index is 2.70. The molecule has 0 spiro atoms. The van der Waals surface area contributed by atoms with E-state index in [0.717, 1.165) is 0 Å². The van der Waals surface area contributed by atoms with Crippen LogP contribution in [0.4, 0.5) is 0 Å². The van der Waals surface area contributed by atoms with Gasteiger partial charge in [0.2, 0.25) is 5.91 Å². The maximum atomic E-state index is 10.7. The summed E-state index contributed by atoms with van der Waals surface area (Å²) in [5.74, 6) is -0.462. The van der Waals surface area contributed by atoms with E-state index in [0.29, 0.717) is 0 Å². The molecule has 1 aliphatic rings. The van der Waals surface area contributed by atoms with E-state index in [9.17, 15) is 20.1 Å². The molecule has 0 aliphatic carbocycles. The predicted octanol–water partition coefficient (Wildman–Crippen LogP) is -3.08. The van der Waals surface area contributed by atoms with Gasteiger partial charge in [0.05, 0.1) is 6.61 Å². The Morgan fingerprint density at radius 3 is 2.40 bits per heavy atom. The lowest BCUT2D eigenvalue weighted by Crippen LogP contribution is -2.63. The average molecular weight is 221 g/mol. The fourth-order valence-electron chi connectivity index (χ4n) is 1.49. The molecule has 5 N–H and O–H groups in total. The summed E-state index contributed by atoms with van der Waals surface area (Å²) in [7, 11) is 0. The Morgan fingerprint density at radius 1 is 1.33 bits per heavy atom. The van der Waals surface area contributed by atoms with Crippen LogP contribution < -0.4 is 5.32 Å². The molecule has 1 amide bonds. The van der Waals surface area contributed by atoms with Crippen molar-refractivity contribution in [3.05, 3.63) is 0 Å². The van der Waals surface area contributed by atoms with Crippen molar-refractivity contribution in [1.29, 1.82) is 0 Å². The zero-order valence-electron chi connectivity index (χ0n) is 8.20. The quantitative estimate of drug-likeness (QED) is 0.337. The lowest BCUT2D eigenvalue weighted by atomic mass is 9.97. The van der Waals surface area contributed by atoms with E-state index in [-0.39, 0.29) is 0 Å². The second-order valence-electron chi connectivity index (χ2n) is 3.46. The molecule has 1 heterocycles. The highest BCUT2D eigenvalue weighted by Gasteiger charge is 2.43. The number of nitrogens with one attached hydrogen (secondary N) is 1. The monoisotopic (exact) mass is 221 g/mol. The van der Waals surface area contributed by atoms with Gasteiger partial charge in [-0.2, -0.15) is 0 Å². The summed E-state index contributed by atoms with van der Waals surface area (Å²) in [4.78, 5) is 10.7. The largest absolute Gasteiger partial charge is 0.394 e. The Labute approximate surface area is 86.3 Å². The minimum absolute atomic E-state index is 0.462. The summed E-state index contributed by atoms with van der Waals surface area (Å²) in [5.41, 5.74) is 0. The number of aliphatic hydroxyl groups is 4. The van der Waals surface area contributed by atoms with Crippen molar-refractivity contribution < 1.29 is 30.0 Å². The molecule has 7 heteroatoms. The van der Waals surface area contributed by atoms with Gasteiger partial charge in [0.25, 0.3) is 0 Å². The molecule has 1 fully saturated rings. The van der Waals surface area contributed by atoms with Gasteiger partial charge in [-0.15, -0.1) is 0 Å². The first-order valence-corrected chi connectivity index (χ1v) is 4.55. The standard InChI is InChI=1S/C8H15NO6/c1-3(11)9-5-7(13)6(12)4(2-10)15-8(5)14/h4-8,10,12-14H,2H2,1H3,(H,9,11)/t4-,5?,6+,7?,8?/m0/s1. The predicted molar refractivity (Wildman–Crippen MR) is 47.6 cm³/mol. The summed E-state index contributed by atoms with van der Waals surface area (Å²) in [6.07, 6.45) is -5.24. The van der Waals surface area contributed by atoms with Gasteiger partial charge in [-0.25, -0.2) is 0 Å². The first-order valence-electron chi connectivity index (χ1n) is 4.55. The minimum Gasteiger partial charge on any atom is -0.394 e. The maximum absolute atomic E-state index is 10.7. The Kier molecular flexibility index (Phi) is 4.00. The summed E-state index contributed by atoms with van der Waals surface area (Å²) < 4.78 is 4.81. The lowest BCUT2D eigenvalue weighted by Gasteiger charge is -2.40. The number of hydrogen-bond donors (Lipinski definition) is 5. The third-order valence-electron chi connectivity index (χ3n) is 2.27. The summed E-state index contributed by atoms with van der Waals surface area (Å²) in [6.45, 7) is 0.687. The van der Waals surface area contributed by atoms with Gasteiger partial charge in [-0.05, 0) is 0 Å². The highest BCUT2D eigenvalue weighted by Crippen LogP contribution is 2.19. The second kappa shape index (κ2) is 4.86. The highest BCUT2D eigenvalue weighted by atomic mass is 16.6. The lowest BCUT2D eigenvalue weighted by molar-refractivity contribution is -0.253. The molecule has 0 bridgehead atoms. The van der Waals surface area contributed by atoms with E-state index in [1.54, 1.807) is 0 Å². The second-order valence-corrected chi connectivity index (χ2v) is 3.46. The van der Waals surface area contributed by atoms with Gasteiger partial charge in [-0.3, -0.25) is 4.79 Å². The molecule has 7 nitrogen and oxygen atoms in total. The SMILES string of the molecule is CC(=O)NC1C(O)O[C@@H](CO)[C@@H](O)C1O. The van der Waals surface area contributed by atoms with Crippen LogP contribution >= 0.6 is 0 Å². The first kappa shape index (κ1) is 12.3. The normalized spacial score (nSPS) is 41.3. The Morgan fingerprint density at radius 2 is 1.93 bits per heavy atom. The molecule has 1 saturated heterocycles. The van der Waals surface area contributed by atoms with E-state index >= 15 is 0 Å². The first-order chi connectivity index (χ1) is 6.97. The van der Waals surface area contributed by atoms with Crippen LogP contribution in [0, 0.1) is 0 Å². The van der Waals surface area contributed by atoms with Crippen molar-refractivity contribution in [3.63, 3.8) is 0 Å². The molecule has 88 valence electrons. The summed E-state index contributed by atoms with van der Waals surface area (Å²) in [6, 6.07) is -1.10. The van der Waals surface area contributed by atoms with Crippen molar-refractivity contribution in [3.8, 4) is 0 Å². The third-order valence-corrected chi connectivity index (χ3v) is 2.27. The van der Waals surface area contributed by atoms with Gasteiger partial charge in [0.1, 0.15) is 24.4 Å². The van der Waals surface area contributed by atoms with Crippen molar-refractivity contribution in [2.75, 3.05) is 6.61 Å². The van der Waals surface area contributed by atoms with Gasteiger partial charge < -0.3 is 30.5 Å². The third kappa shape index (κ3) is 2.64. The molecule has 1 aliphatic heterocycles. The number of carbonyl (C=O) groups excluding carboxylic acids is 1. The fraction of sp³-hybridized carbons (Fsp3) is 0.875. The van der Waals surface area contributed by atoms with E-state index in [1.165, 1.54) is 6.92 Å². The number of hydrogen-bond acceptors (Lipinski definition) is 6. The van der Waals surface area contributed by atoms with Gasteiger partial charge in [0.15, 0.2) is 6.29 Å². The Bertz CT molecular complexity index is 235. The maximum Gasteiger partial charge on any atom is 0.217 e. The smallest absolute Gasteiger partial charge is 0.217 e.